The first kappa shape index (κ1) is 10.4. The molecular weight excluding hydrogens is 184 g/mol. The van der Waals surface area contributed by atoms with Gasteiger partial charge >= 0.3 is 0 Å². The summed E-state index contributed by atoms with van der Waals surface area (Å²) in [6.07, 6.45) is 2.09. The fraction of sp³-hybridized carbons (Fsp3) is 0.400. The quantitative estimate of drug-likeness (QED) is 0.677. The molecule has 1 aromatic carbocycles. The Morgan fingerprint density at radius 3 is 2.46 bits per heavy atom. The Labute approximate surface area is 83.2 Å². The molecule has 0 aliphatic heterocycles. The molecule has 0 saturated carbocycles. The Morgan fingerprint density at radius 1 is 1.23 bits per heavy atom. The van der Waals surface area contributed by atoms with Crippen LogP contribution in [0.4, 0.5) is 0 Å². The summed E-state index contributed by atoms with van der Waals surface area (Å²) >= 11 is 1.81. The second-order valence-electron chi connectivity index (χ2n) is 2.63. The maximum absolute atomic E-state index is 5.26. The van der Waals surface area contributed by atoms with Crippen LogP contribution >= 0.6 is 11.8 Å². The van der Waals surface area contributed by atoms with E-state index >= 15 is 0 Å². The van der Waals surface area contributed by atoms with Crippen LogP contribution in [0.3, 0.4) is 0 Å². The molecular formula is C10H14O2S. The molecule has 0 heterocycles. The number of methoxy groups -OCH3 is 1. The van der Waals surface area contributed by atoms with Gasteiger partial charge in [-0.15, -0.1) is 0 Å². The average Bonchev–Trinajstić information content (AvgIpc) is 2.17. The number of hydrogen-bond acceptors (Lipinski definition) is 3. The van der Waals surface area contributed by atoms with E-state index in [9.17, 15) is 0 Å². The predicted molar refractivity (Wildman–Crippen MR) is 56.2 cm³/mol. The molecule has 1 rings (SSSR count). The van der Waals surface area contributed by atoms with Crippen molar-refractivity contribution in [3.63, 3.8) is 0 Å². The van der Waals surface area contributed by atoms with E-state index in [1.807, 2.05) is 23.9 Å². The molecule has 0 radical (unpaired) electrons. The Kier molecular flexibility index (Phi) is 4.72. The van der Waals surface area contributed by atoms with Gasteiger partial charge in [0.2, 0.25) is 0 Å². The van der Waals surface area contributed by atoms with Gasteiger partial charge in [0, 0.05) is 12.9 Å². The zero-order valence-electron chi connectivity index (χ0n) is 7.95. The molecule has 1 aromatic rings. The van der Waals surface area contributed by atoms with Gasteiger partial charge < -0.3 is 9.47 Å². The number of hydrogen-bond donors (Lipinski definition) is 0. The third-order valence-electron chi connectivity index (χ3n) is 1.58. The molecule has 0 N–H and O–H groups in total. The van der Waals surface area contributed by atoms with Crippen LogP contribution in [0.15, 0.2) is 24.3 Å². The van der Waals surface area contributed by atoms with Gasteiger partial charge in [0.15, 0.2) is 6.79 Å². The van der Waals surface area contributed by atoms with E-state index in [4.69, 9.17) is 9.47 Å². The lowest BCUT2D eigenvalue weighted by Crippen LogP contribution is -1.98. The third-order valence-corrected chi connectivity index (χ3v) is 2.20. The fourth-order valence-electron chi connectivity index (χ4n) is 0.976. The minimum atomic E-state index is 0.307. The highest BCUT2D eigenvalue weighted by molar-refractivity contribution is 7.97. The van der Waals surface area contributed by atoms with Crippen LogP contribution in [0.1, 0.15) is 5.56 Å². The minimum Gasteiger partial charge on any atom is -0.468 e. The Bertz CT molecular complexity index is 233. The van der Waals surface area contributed by atoms with Gasteiger partial charge in [-0.2, -0.15) is 11.8 Å². The van der Waals surface area contributed by atoms with Gasteiger partial charge in [-0.1, -0.05) is 12.1 Å². The zero-order chi connectivity index (χ0) is 9.52. The maximum atomic E-state index is 5.26. The zero-order valence-corrected chi connectivity index (χ0v) is 8.76. The van der Waals surface area contributed by atoms with Gasteiger partial charge in [-0.05, 0) is 24.0 Å². The second kappa shape index (κ2) is 5.89. The Morgan fingerprint density at radius 2 is 1.92 bits per heavy atom. The molecule has 0 aliphatic carbocycles. The third kappa shape index (κ3) is 3.70. The summed E-state index contributed by atoms with van der Waals surface area (Å²) in [5.41, 5.74) is 1.32. The molecule has 0 amide bonds. The van der Waals surface area contributed by atoms with E-state index < -0.39 is 0 Å². The standard InChI is InChI=1S/C10H14O2S/c1-11-8-12-10-5-3-9(4-6-10)7-13-2/h3-6H,7-8H2,1-2H3. The molecule has 72 valence electrons. The van der Waals surface area contributed by atoms with Gasteiger partial charge in [-0.25, -0.2) is 0 Å². The van der Waals surface area contributed by atoms with Crippen molar-refractivity contribution < 1.29 is 9.47 Å². The monoisotopic (exact) mass is 198 g/mol. The van der Waals surface area contributed by atoms with Crippen LogP contribution in [0.25, 0.3) is 0 Å². The molecule has 0 aliphatic rings. The second-order valence-corrected chi connectivity index (χ2v) is 3.49. The smallest absolute Gasteiger partial charge is 0.188 e. The van der Waals surface area contributed by atoms with Crippen molar-refractivity contribution in [1.82, 2.24) is 0 Å². The van der Waals surface area contributed by atoms with Gasteiger partial charge in [0.1, 0.15) is 5.75 Å². The fourth-order valence-corrected chi connectivity index (χ4v) is 1.50. The molecule has 0 atom stereocenters. The number of thioether (sulfide) groups is 1. The molecule has 3 heteroatoms. The number of benzene rings is 1. The first-order valence-electron chi connectivity index (χ1n) is 4.06. The van der Waals surface area contributed by atoms with Gasteiger partial charge in [0.05, 0.1) is 0 Å². The van der Waals surface area contributed by atoms with Crippen LogP contribution in [0.2, 0.25) is 0 Å². The average molecular weight is 198 g/mol. The van der Waals surface area contributed by atoms with Crippen LogP contribution in [0.5, 0.6) is 5.75 Å². The number of rotatable bonds is 5. The maximum Gasteiger partial charge on any atom is 0.188 e. The van der Waals surface area contributed by atoms with Crippen molar-refractivity contribution >= 4 is 11.8 Å². The van der Waals surface area contributed by atoms with Gasteiger partial charge in [0.25, 0.3) is 0 Å². The van der Waals surface area contributed by atoms with Crippen molar-refractivity contribution in [2.24, 2.45) is 0 Å². The molecule has 0 spiro atoms. The van der Waals surface area contributed by atoms with Crippen LogP contribution in [0, 0.1) is 0 Å². The van der Waals surface area contributed by atoms with E-state index in [2.05, 4.69) is 18.4 Å². The summed E-state index contributed by atoms with van der Waals surface area (Å²) in [4.78, 5) is 0. The molecule has 13 heavy (non-hydrogen) atoms. The van der Waals surface area contributed by atoms with E-state index in [1.165, 1.54) is 5.56 Å². The highest BCUT2D eigenvalue weighted by atomic mass is 32.2. The normalized spacial score (nSPS) is 10.0. The minimum absolute atomic E-state index is 0.307. The van der Waals surface area contributed by atoms with Crippen molar-refractivity contribution in [3.8, 4) is 5.75 Å². The first-order chi connectivity index (χ1) is 6.36. The largest absolute Gasteiger partial charge is 0.468 e. The Hall–Kier alpha value is -0.670. The molecule has 0 bridgehead atoms. The summed E-state index contributed by atoms with van der Waals surface area (Å²) in [5, 5.41) is 0. The Balaban J connectivity index is 2.48. The van der Waals surface area contributed by atoms with Crippen molar-refractivity contribution in [2.45, 2.75) is 5.75 Å². The highest BCUT2D eigenvalue weighted by Crippen LogP contribution is 2.15. The van der Waals surface area contributed by atoms with Crippen molar-refractivity contribution in [2.75, 3.05) is 20.2 Å². The molecule has 2 nitrogen and oxygen atoms in total. The SMILES string of the molecule is COCOc1ccc(CSC)cc1. The summed E-state index contributed by atoms with van der Waals surface area (Å²) in [5.74, 6) is 1.90. The van der Waals surface area contributed by atoms with Crippen LogP contribution in [-0.4, -0.2) is 20.2 Å². The summed E-state index contributed by atoms with van der Waals surface area (Å²) in [6.45, 7) is 0.307. The van der Waals surface area contributed by atoms with Gasteiger partial charge in [-0.3, -0.25) is 0 Å². The van der Waals surface area contributed by atoms with Crippen molar-refractivity contribution in [1.29, 1.82) is 0 Å². The number of ether oxygens (including phenoxy) is 2. The highest BCUT2D eigenvalue weighted by Gasteiger charge is 1.93. The topological polar surface area (TPSA) is 18.5 Å². The van der Waals surface area contributed by atoms with Crippen LogP contribution in [-0.2, 0) is 10.5 Å². The lowest BCUT2D eigenvalue weighted by molar-refractivity contribution is 0.0511. The lowest BCUT2D eigenvalue weighted by atomic mass is 10.2. The van der Waals surface area contributed by atoms with Crippen LogP contribution < -0.4 is 4.74 Å². The van der Waals surface area contributed by atoms with E-state index in [0.717, 1.165) is 11.5 Å². The summed E-state index contributed by atoms with van der Waals surface area (Å²) in [6, 6.07) is 8.07. The molecule has 0 unspecified atom stereocenters. The van der Waals surface area contributed by atoms with E-state index in [1.54, 1.807) is 7.11 Å². The van der Waals surface area contributed by atoms with E-state index in [0.29, 0.717) is 6.79 Å². The first-order valence-corrected chi connectivity index (χ1v) is 5.46. The summed E-state index contributed by atoms with van der Waals surface area (Å²) < 4.78 is 10.1. The predicted octanol–water partition coefficient (Wildman–Crippen LogP) is 2.53. The molecule has 0 fully saturated rings. The lowest BCUT2D eigenvalue weighted by Gasteiger charge is -2.04. The molecule has 0 aromatic heterocycles. The summed E-state index contributed by atoms with van der Waals surface area (Å²) in [7, 11) is 1.61. The van der Waals surface area contributed by atoms with E-state index in [-0.39, 0.29) is 0 Å². The van der Waals surface area contributed by atoms with Crippen molar-refractivity contribution in [3.05, 3.63) is 29.8 Å². The molecule has 0 saturated heterocycles.